The molecule has 8 nitrogen and oxygen atoms in total. The van der Waals surface area contributed by atoms with Gasteiger partial charge in [-0.25, -0.2) is 9.97 Å². The molecule has 38 heavy (non-hydrogen) atoms. The van der Waals surface area contributed by atoms with Crippen LogP contribution in [0.5, 0.6) is 0 Å². The summed E-state index contributed by atoms with van der Waals surface area (Å²) in [4.78, 5) is 22.4. The van der Waals surface area contributed by atoms with Crippen molar-refractivity contribution < 1.29 is 4.39 Å². The maximum atomic E-state index is 13.7. The Morgan fingerprint density at radius 3 is 2.71 bits per heavy atom. The van der Waals surface area contributed by atoms with Gasteiger partial charge in [0.1, 0.15) is 11.2 Å². The Hall–Kier alpha value is -4.18. The summed E-state index contributed by atoms with van der Waals surface area (Å²) in [6.45, 7) is 0.981. The first-order chi connectivity index (χ1) is 18.7. The van der Waals surface area contributed by atoms with Gasteiger partial charge in [-0.2, -0.15) is 9.49 Å². The zero-order chi connectivity index (χ0) is 25.5. The minimum Gasteiger partial charge on any atom is -0.384 e. The van der Waals surface area contributed by atoms with E-state index in [1.54, 1.807) is 18.5 Å². The van der Waals surface area contributed by atoms with Crippen molar-refractivity contribution >= 4 is 39.1 Å². The van der Waals surface area contributed by atoms with E-state index in [1.807, 2.05) is 18.6 Å². The van der Waals surface area contributed by atoms with Gasteiger partial charge in [0, 0.05) is 52.9 Å². The molecule has 0 atom stereocenters. The number of hydrogen-bond donors (Lipinski definition) is 3. The first-order valence-electron chi connectivity index (χ1n) is 12.8. The molecule has 6 aromatic rings. The van der Waals surface area contributed by atoms with E-state index in [0.29, 0.717) is 11.5 Å². The summed E-state index contributed by atoms with van der Waals surface area (Å²) in [6, 6.07) is 7.39. The molecule has 1 aliphatic carbocycles. The van der Waals surface area contributed by atoms with E-state index in [-0.39, 0.29) is 5.13 Å². The summed E-state index contributed by atoms with van der Waals surface area (Å²) in [5.74, 6) is 1.35. The molecule has 190 valence electrons. The fourth-order valence-corrected chi connectivity index (χ4v) is 6.02. The summed E-state index contributed by atoms with van der Waals surface area (Å²) in [7, 11) is 0. The van der Waals surface area contributed by atoms with Gasteiger partial charge in [-0.1, -0.05) is 19.3 Å². The monoisotopic (exact) mass is 524 g/mol. The number of hydrogen-bond acceptors (Lipinski definition) is 7. The van der Waals surface area contributed by atoms with Gasteiger partial charge in [-0.05, 0) is 43.0 Å². The number of fused-ring (bicyclic) bond motifs is 2. The number of aromatic nitrogens is 7. The number of nitrogens with one attached hydrogen (secondary N) is 3. The highest BCUT2D eigenvalue weighted by atomic mass is 32.1. The van der Waals surface area contributed by atoms with E-state index < -0.39 is 0 Å². The van der Waals surface area contributed by atoms with Crippen LogP contribution >= 0.6 is 11.3 Å². The van der Waals surface area contributed by atoms with Crippen molar-refractivity contribution in [2.24, 2.45) is 5.92 Å². The van der Waals surface area contributed by atoms with Gasteiger partial charge < -0.3 is 10.3 Å². The SMILES string of the molecule is Fc1ccc(-c2cncc3[nH]c(-c4[nH]nc5ncc(-c6cncc(NCC7CCCCC7)c6)cc45)nc23)s1. The van der Waals surface area contributed by atoms with Crippen LogP contribution in [0, 0.1) is 11.0 Å². The van der Waals surface area contributed by atoms with E-state index in [9.17, 15) is 4.39 Å². The number of rotatable bonds is 6. The minimum absolute atomic E-state index is 0.242. The number of H-pyrrole nitrogens is 2. The summed E-state index contributed by atoms with van der Waals surface area (Å²) in [6.07, 6.45) is 15.6. The maximum Gasteiger partial charge on any atom is 0.181 e. The molecule has 7 rings (SSSR count). The Labute approximate surface area is 221 Å². The molecule has 0 spiro atoms. The normalized spacial score (nSPS) is 14.4. The lowest BCUT2D eigenvalue weighted by atomic mass is 9.89. The van der Waals surface area contributed by atoms with Gasteiger partial charge in [-0.3, -0.25) is 15.1 Å². The second-order valence-corrected chi connectivity index (χ2v) is 10.8. The van der Waals surface area contributed by atoms with E-state index in [2.05, 4.69) is 47.6 Å². The molecule has 10 heteroatoms. The molecular formula is C28H25FN8S. The third kappa shape index (κ3) is 4.30. The lowest BCUT2D eigenvalue weighted by molar-refractivity contribution is 0.373. The van der Waals surface area contributed by atoms with Crippen molar-refractivity contribution in [3.8, 4) is 33.1 Å². The zero-order valence-corrected chi connectivity index (χ0v) is 21.4. The van der Waals surface area contributed by atoms with E-state index in [0.717, 1.165) is 73.2 Å². The summed E-state index contributed by atoms with van der Waals surface area (Å²) in [5, 5.41) is 11.7. The third-order valence-electron chi connectivity index (χ3n) is 7.27. The molecule has 6 heterocycles. The number of anilines is 1. The molecule has 1 saturated carbocycles. The summed E-state index contributed by atoms with van der Waals surface area (Å²) >= 11 is 1.08. The first-order valence-corrected chi connectivity index (χ1v) is 13.7. The van der Waals surface area contributed by atoms with Crippen LogP contribution in [0.4, 0.5) is 10.1 Å². The van der Waals surface area contributed by atoms with E-state index in [1.165, 1.54) is 38.2 Å². The van der Waals surface area contributed by atoms with E-state index >= 15 is 0 Å². The van der Waals surface area contributed by atoms with Crippen molar-refractivity contribution in [1.29, 1.82) is 0 Å². The molecule has 0 amide bonds. The van der Waals surface area contributed by atoms with Crippen LogP contribution in [-0.2, 0) is 0 Å². The Bertz CT molecular complexity index is 1750. The summed E-state index contributed by atoms with van der Waals surface area (Å²) in [5.41, 5.74) is 6.55. The van der Waals surface area contributed by atoms with Crippen molar-refractivity contribution in [2.45, 2.75) is 32.1 Å². The smallest absolute Gasteiger partial charge is 0.181 e. The van der Waals surface area contributed by atoms with Crippen molar-refractivity contribution in [3.63, 3.8) is 0 Å². The predicted octanol–water partition coefficient (Wildman–Crippen LogP) is 6.82. The Kier molecular flexibility index (Phi) is 5.81. The molecule has 6 aromatic heterocycles. The second-order valence-electron chi connectivity index (χ2n) is 9.81. The van der Waals surface area contributed by atoms with Gasteiger partial charge in [0.15, 0.2) is 16.6 Å². The Balaban J connectivity index is 1.22. The largest absolute Gasteiger partial charge is 0.384 e. The van der Waals surface area contributed by atoms with Crippen LogP contribution in [0.25, 0.3) is 55.2 Å². The molecule has 0 unspecified atom stereocenters. The molecular weight excluding hydrogens is 499 g/mol. The number of imidazole rings is 1. The molecule has 1 aliphatic rings. The molecule has 0 radical (unpaired) electrons. The lowest BCUT2D eigenvalue weighted by Crippen LogP contribution is -2.17. The maximum absolute atomic E-state index is 13.7. The molecule has 0 aromatic carbocycles. The number of nitrogens with zero attached hydrogens (tertiary/aromatic N) is 5. The minimum atomic E-state index is -0.242. The molecule has 1 fully saturated rings. The molecule has 0 bridgehead atoms. The first kappa shape index (κ1) is 23.0. The average Bonchev–Trinajstić information content (AvgIpc) is 3.70. The highest BCUT2D eigenvalue weighted by Crippen LogP contribution is 2.34. The third-order valence-corrected chi connectivity index (χ3v) is 8.18. The summed E-state index contributed by atoms with van der Waals surface area (Å²) < 4.78 is 13.7. The molecule has 0 aliphatic heterocycles. The van der Waals surface area contributed by atoms with E-state index in [4.69, 9.17) is 4.98 Å². The van der Waals surface area contributed by atoms with Crippen LogP contribution in [0.1, 0.15) is 32.1 Å². The van der Waals surface area contributed by atoms with Gasteiger partial charge >= 0.3 is 0 Å². The average molecular weight is 525 g/mol. The van der Waals surface area contributed by atoms with Crippen LogP contribution < -0.4 is 5.32 Å². The number of pyridine rings is 3. The fourth-order valence-electron chi connectivity index (χ4n) is 5.28. The topological polar surface area (TPSA) is 108 Å². The van der Waals surface area contributed by atoms with Crippen LogP contribution in [0.3, 0.4) is 0 Å². The molecule has 3 N–H and O–H groups in total. The fraction of sp³-hybridized carbons (Fsp3) is 0.250. The van der Waals surface area contributed by atoms with Crippen molar-refractivity contribution in [2.75, 3.05) is 11.9 Å². The van der Waals surface area contributed by atoms with Gasteiger partial charge in [0.2, 0.25) is 0 Å². The van der Waals surface area contributed by atoms with Crippen LogP contribution in [-0.4, -0.2) is 41.7 Å². The highest BCUT2D eigenvalue weighted by Gasteiger charge is 2.18. The Morgan fingerprint density at radius 1 is 0.974 bits per heavy atom. The second kappa shape index (κ2) is 9.60. The quantitative estimate of drug-likeness (QED) is 0.221. The predicted molar refractivity (Wildman–Crippen MR) is 148 cm³/mol. The number of thiophene rings is 1. The Morgan fingerprint density at radius 2 is 1.84 bits per heavy atom. The highest BCUT2D eigenvalue weighted by molar-refractivity contribution is 7.14. The van der Waals surface area contributed by atoms with Crippen molar-refractivity contribution in [3.05, 3.63) is 60.4 Å². The van der Waals surface area contributed by atoms with Crippen LogP contribution in [0.15, 0.2) is 55.2 Å². The zero-order valence-electron chi connectivity index (χ0n) is 20.5. The lowest BCUT2D eigenvalue weighted by Gasteiger charge is -2.22. The van der Waals surface area contributed by atoms with Gasteiger partial charge in [0.25, 0.3) is 0 Å². The van der Waals surface area contributed by atoms with Gasteiger partial charge in [0.05, 0.1) is 22.8 Å². The van der Waals surface area contributed by atoms with Crippen molar-refractivity contribution in [1.82, 2.24) is 35.1 Å². The van der Waals surface area contributed by atoms with Crippen LogP contribution in [0.2, 0.25) is 0 Å². The number of halogens is 1. The standard InChI is InChI=1S/C28H25FN8S/c29-24-7-6-23(38-24)21-14-31-15-22-25(21)35-28(34-22)26-20-9-18(12-33-27(20)37-36-26)17-8-19(13-30-11-17)32-10-16-4-2-1-3-5-16/h6-9,11-16,32H,1-5,10H2,(H,34,35)(H,33,36,37). The number of aromatic amines is 2. The van der Waals surface area contributed by atoms with Gasteiger partial charge in [-0.15, -0.1) is 11.3 Å². The molecule has 0 saturated heterocycles.